The van der Waals surface area contributed by atoms with Crippen LogP contribution in [0, 0.1) is 0 Å². The van der Waals surface area contributed by atoms with Crippen molar-refractivity contribution < 1.29 is 14.5 Å². The molecule has 1 fully saturated rings. The molecule has 0 radical (unpaired) electrons. The number of quaternary nitrogens is 1. The van der Waals surface area contributed by atoms with Gasteiger partial charge in [-0.05, 0) is 29.8 Å². The molecule has 1 aliphatic rings. The molecule has 5 nitrogen and oxygen atoms in total. The van der Waals surface area contributed by atoms with E-state index in [1.165, 1.54) is 4.90 Å². The molecule has 1 aliphatic heterocycles. The van der Waals surface area contributed by atoms with E-state index in [1.54, 1.807) is 41.3 Å². The Morgan fingerprint density at radius 3 is 2.33 bits per heavy atom. The molecule has 6 heteroatoms. The summed E-state index contributed by atoms with van der Waals surface area (Å²) in [6, 6.07) is 16.1. The Hall–Kier alpha value is -2.63. The van der Waals surface area contributed by atoms with Crippen molar-refractivity contribution in [1.82, 2.24) is 10.2 Å². The molecule has 2 aromatic rings. The molecule has 0 saturated carbocycles. The number of nitrogens with zero attached hydrogens (tertiary/aromatic N) is 1. The first-order chi connectivity index (χ1) is 13.0. The van der Waals surface area contributed by atoms with E-state index in [0.717, 1.165) is 13.1 Å². The Balaban J connectivity index is 1.88. The summed E-state index contributed by atoms with van der Waals surface area (Å²) in [5.41, 5.74) is 1.42. The lowest BCUT2D eigenvalue weighted by Crippen LogP contribution is -3.12. The first kappa shape index (κ1) is 19.1. The second-order valence-electron chi connectivity index (χ2n) is 6.65. The van der Waals surface area contributed by atoms with E-state index < -0.39 is 0 Å². The van der Waals surface area contributed by atoms with Gasteiger partial charge in [0.2, 0.25) is 0 Å². The lowest BCUT2D eigenvalue weighted by molar-refractivity contribution is -0.883. The summed E-state index contributed by atoms with van der Waals surface area (Å²) in [6.45, 7) is 3.09. The summed E-state index contributed by atoms with van der Waals surface area (Å²) >= 11 is 6.25. The first-order valence-electron chi connectivity index (χ1n) is 8.98. The van der Waals surface area contributed by atoms with Crippen LogP contribution in [-0.4, -0.2) is 49.9 Å². The third-order valence-corrected chi connectivity index (χ3v) is 4.97. The molecule has 0 aliphatic carbocycles. The van der Waals surface area contributed by atoms with E-state index in [0.29, 0.717) is 29.2 Å². The molecule has 27 heavy (non-hydrogen) atoms. The summed E-state index contributed by atoms with van der Waals surface area (Å²) in [7, 11) is 2.11. The van der Waals surface area contributed by atoms with Crippen molar-refractivity contribution in [3.05, 3.63) is 76.4 Å². The molecule has 140 valence electrons. The molecular formula is C21H23ClN3O2+. The number of hydrogen-bond acceptors (Lipinski definition) is 2. The molecule has 0 bridgehead atoms. The van der Waals surface area contributed by atoms with Crippen molar-refractivity contribution >= 4 is 29.5 Å². The van der Waals surface area contributed by atoms with Crippen LogP contribution < -0.4 is 10.2 Å². The normalized spacial score (nSPS) is 15.5. The van der Waals surface area contributed by atoms with Gasteiger partial charge in [-0.1, -0.05) is 48.0 Å². The Labute approximate surface area is 164 Å². The van der Waals surface area contributed by atoms with Crippen LogP contribution in [0.5, 0.6) is 0 Å². The van der Waals surface area contributed by atoms with Gasteiger partial charge in [0, 0.05) is 10.6 Å². The molecule has 0 atom stereocenters. The summed E-state index contributed by atoms with van der Waals surface area (Å²) < 4.78 is 0. The number of carbonyl (C=O) groups is 2. The van der Waals surface area contributed by atoms with Crippen molar-refractivity contribution in [2.45, 2.75) is 0 Å². The van der Waals surface area contributed by atoms with Crippen molar-refractivity contribution in [1.29, 1.82) is 0 Å². The SMILES string of the molecule is C[NH+]1CCN(C(=O)/C(=C/c2ccccc2Cl)NC(=O)c2ccccc2)CC1. The van der Waals surface area contributed by atoms with Crippen LogP contribution in [0.15, 0.2) is 60.3 Å². The molecule has 1 saturated heterocycles. The van der Waals surface area contributed by atoms with Crippen molar-refractivity contribution in [2.24, 2.45) is 0 Å². The quantitative estimate of drug-likeness (QED) is 0.784. The van der Waals surface area contributed by atoms with E-state index in [1.807, 2.05) is 24.3 Å². The average Bonchev–Trinajstić information content (AvgIpc) is 2.69. The minimum atomic E-state index is -0.318. The number of halogens is 1. The molecule has 0 unspecified atom stereocenters. The van der Waals surface area contributed by atoms with Crippen LogP contribution in [0.25, 0.3) is 6.08 Å². The summed E-state index contributed by atoms with van der Waals surface area (Å²) in [6.07, 6.45) is 1.65. The van der Waals surface area contributed by atoms with Crippen molar-refractivity contribution in [3.63, 3.8) is 0 Å². The topological polar surface area (TPSA) is 53.9 Å². The Kier molecular flexibility index (Phi) is 6.27. The monoisotopic (exact) mass is 384 g/mol. The zero-order valence-electron chi connectivity index (χ0n) is 15.2. The highest BCUT2D eigenvalue weighted by molar-refractivity contribution is 6.32. The fourth-order valence-electron chi connectivity index (χ4n) is 2.94. The van der Waals surface area contributed by atoms with E-state index in [-0.39, 0.29) is 17.5 Å². The minimum absolute atomic E-state index is 0.188. The van der Waals surface area contributed by atoms with Gasteiger partial charge in [0.1, 0.15) is 5.70 Å². The van der Waals surface area contributed by atoms with Gasteiger partial charge in [-0.25, -0.2) is 0 Å². The largest absolute Gasteiger partial charge is 0.334 e. The van der Waals surface area contributed by atoms with Crippen molar-refractivity contribution in [3.8, 4) is 0 Å². The summed E-state index contributed by atoms with van der Waals surface area (Å²) in [4.78, 5) is 28.9. The third-order valence-electron chi connectivity index (χ3n) is 4.62. The lowest BCUT2D eigenvalue weighted by atomic mass is 10.1. The van der Waals surface area contributed by atoms with Crippen LogP contribution in [0.2, 0.25) is 5.02 Å². The number of rotatable bonds is 4. The predicted molar refractivity (Wildman–Crippen MR) is 107 cm³/mol. The second kappa shape index (κ2) is 8.84. The van der Waals surface area contributed by atoms with Gasteiger partial charge in [0.15, 0.2) is 0 Å². The number of likely N-dealkylation sites (N-methyl/N-ethyl adjacent to an activating group) is 1. The lowest BCUT2D eigenvalue weighted by Gasteiger charge is -2.30. The molecule has 1 heterocycles. The van der Waals surface area contributed by atoms with Crippen LogP contribution in [0.1, 0.15) is 15.9 Å². The zero-order valence-corrected chi connectivity index (χ0v) is 16.0. The van der Waals surface area contributed by atoms with Gasteiger partial charge >= 0.3 is 0 Å². The zero-order chi connectivity index (χ0) is 19.2. The second-order valence-corrected chi connectivity index (χ2v) is 7.06. The molecule has 2 N–H and O–H groups in total. The van der Waals surface area contributed by atoms with Crippen LogP contribution in [0.4, 0.5) is 0 Å². The van der Waals surface area contributed by atoms with Crippen LogP contribution in [-0.2, 0) is 4.79 Å². The molecular weight excluding hydrogens is 362 g/mol. The van der Waals surface area contributed by atoms with Crippen LogP contribution in [0.3, 0.4) is 0 Å². The molecule has 3 rings (SSSR count). The maximum Gasteiger partial charge on any atom is 0.270 e. The number of carbonyl (C=O) groups excluding carboxylic acids is 2. The standard InChI is InChI=1S/C21H22ClN3O2/c1-24-11-13-25(14-12-24)21(27)19(15-17-9-5-6-10-18(17)22)23-20(26)16-7-3-2-4-8-16/h2-10,15H,11-14H2,1H3,(H,23,26)/p+1/b19-15-. The van der Waals surface area contributed by atoms with E-state index in [2.05, 4.69) is 12.4 Å². The first-order valence-corrected chi connectivity index (χ1v) is 9.35. The Bertz CT molecular complexity index is 844. The summed E-state index contributed by atoms with van der Waals surface area (Å²) in [5, 5.41) is 3.31. The highest BCUT2D eigenvalue weighted by Gasteiger charge is 2.25. The van der Waals surface area contributed by atoms with E-state index in [9.17, 15) is 9.59 Å². The van der Waals surface area contributed by atoms with Gasteiger partial charge in [0.05, 0.1) is 33.2 Å². The average molecular weight is 385 g/mol. The molecule has 0 spiro atoms. The number of hydrogen-bond donors (Lipinski definition) is 2. The highest BCUT2D eigenvalue weighted by Crippen LogP contribution is 2.18. The predicted octanol–water partition coefficient (Wildman–Crippen LogP) is 1.47. The van der Waals surface area contributed by atoms with Gasteiger partial charge in [-0.15, -0.1) is 0 Å². The fourth-order valence-corrected chi connectivity index (χ4v) is 3.14. The minimum Gasteiger partial charge on any atom is -0.334 e. The molecule has 2 amide bonds. The van der Waals surface area contributed by atoms with Crippen LogP contribution >= 0.6 is 11.6 Å². The smallest absolute Gasteiger partial charge is 0.270 e. The number of nitrogens with one attached hydrogen (secondary N) is 2. The fraction of sp³-hybridized carbons (Fsp3) is 0.238. The van der Waals surface area contributed by atoms with Gasteiger partial charge in [-0.2, -0.15) is 0 Å². The Morgan fingerprint density at radius 1 is 1.04 bits per heavy atom. The molecule has 0 aromatic heterocycles. The highest BCUT2D eigenvalue weighted by atomic mass is 35.5. The van der Waals surface area contributed by atoms with E-state index >= 15 is 0 Å². The summed E-state index contributed by atoms with van der Waals surface area (Å²) in [5.74, 6) is -0.506. The number of amides is 2. The van der Waals surface area contributed by atoms with Gasteiger partial charge in [0.25, 0.3) is 11.8 Å². The maximum absolute atomic E-state index is 13.1. The van der Waals surface area contributed by atoms with Gasteiger partial charge < -0.3 is 15.1 Å². The maximum atomic E-state index is 13.1. The third kappa shape index (κ3) is 4.96. The number of benzene rings is 2. The van der Waals surface area contributed by atoms with Crippen molar-refractivity contribution in [2.75, 3.05) is 33.2 Å². The van der Waals surface area contributed by atoms with Gasteiger partial charge in [-0.3, -0.25) is 9.59 Å². The number of piperazine rings is 1. The molecule has 2 aromatic carbocycles. The Morgan fingerprint density at radius 2 is 1.67 bits per heavy atom. The van der Waals surface area contributed by atoms with E-state index in [4.69, 9.17) is 11.6 Å².